The van der Waals surface area contributed by atoms with Crippen LogP contribution in [0.3, 0.4) is 0 Å². The smallest absolute Gasteiger partial charge is 0.338 e. The molecule has 1 aromatic heterocycles. The van der Waals surface area contributed by atoms with Gasteiger partial charge in [-0.25, -0.2) is 14.0 Å². The van der Waals surface area contributed by atoms with Gasteiger partial charge in [-0.2, -0.15) is 0 Å². The van der Waals surface area contributed by atoms with E-state index in [2.05, 4.69) is 0 Å². The van der Waals surface area contributed by atoms with Crippen LogP contribution >= 0.6 is 0 Å². The normalized spacial score (nSPS) is 10.7. The summed E-state index contributed by atoms with van der Waals surface area (Å²) in [4.78, 5) is 24.0. The van der Waals surface area contributed by atoms with Gasteiger partial charge in [0.15, 0.2) is 0 Å². The number of aryl methyl sites for hydroxylation is 1. The second-order valence-electron chi connectivity index (χ2n) is 5.68. The van der Waals surface area contributed by atoms with Gasteiger partial charge in [-0.05, 0) is 55.8 Å². The average Bonchev–Trinajstić information content (AvgIpc) is 2.61. The van der Waals surface area contributed by atoms with E-state index in [1.165, 1.54) is 30.3 Å². The maximum Gasteiger partial charge on any atom is 0.338 e. The zero-order chi connectivity index (χ0) is 18.7. The van der Waals surface area contributed by atoms with Crippen molar-refractivity contribution >= 4 is 16.9 Å². The zero-order valence-corrected chi connectivity index (χ0v) is 14.4. The van der Waals surface area contributed by atoms with Gasteiger partial charge in [0, 0.05) is 11.5 Å². The number of benzene rings is 2. The van der Waals surface area contributed by atoms with E-state index in [0.29, 0.717) is 23.5 Å². The van der Waals surface area contributed by atoms with Crippen LogP contribution in [0.2, 0.25) is 0 Å². The van der Waals surface area contributed by atoms with Crippen molar-refractivity contribution < 1.29 is 23.1 Å². The van der Waals surface area contributed by atoms with E-state index in [9.17, 15) is 14.0 Å². The molecule has 0 amide bonds. The molecule has 3 aromatic rings. The number of esters is 1. The van der Waals surface area contributed by atoms with Gasteiger partial charge in [-0.3, -0.25) is 0 Å². The molecule has 0 saturated heterocycles. The number of carbonyl (C=O) groups is 1. The molecule has 0 bridgehead atoms. The van der Waals surface area contributed by atoms with E-state index in [4.69, 9.17) is 13.9 Å². The molecular formula is C20H17FO5. The molecule has 6 heteroatoms. The van der Waals surface area contributed by atoms with Crippen LogP contribution in [0.4, 0.5) is 4.39 Å². The van der Waals surface area contributed by atoms with Crippen molar-refractivity contribution in [3.63, 3.8) is 0 Å². The summed E-state index contributed by atoms with van der Waals surface area (Å²) in [7, 11) is 0. The maximum absolute atomic E-state index is 13.0. The Morgan fingerprint density at radius 1 is 1.15 bits per heavy atom. The van der Waals surface area contributed by atoms with Gasteiger partial charge < -0.3 is 13.9 Å². The van der Waals surface area contributed by atoms with Crippen LogP contribution in [-0.2, 0) is 11.3 Å². The van der Waals surface area contributed by atoms with Crippen molar-refractivity contribution in [1.82, 2.24) is 0 Å². The lowest BCUT2D eigenvalue weighted by Crippen LogP contribution is -2.08. The third kappa shape index (κ3) is 3.59. The van der Waals surface area contributed by atoms with E-state index in [1.54, 1.807) is 19.1 Å². The van der Waals surface area contributed by atoms with Crippen LogP contribution in [-0.4, -0.2) is 12.6 Å². The molecule has 134 valence electrons. The molecule has 0 radical (unpaired) electrons. The number of carbonyl (C=O) groups excluding carboxylic acids is 1. The van der Waals surface area contributed by atoms with Gasteiger partial charge in [0.25, 0.3) is 0 Å². The highest BCUT2D eigenvalue weighted by atomic mass is 19.1. The number of rotatable bonds is 5. The summed E-state index contributed by atoms with van der Waals surface area (Å²) in [6, 6.07) is 9.99. The fourth-order valence-electron chi connectivity index (χ4n) is 2.66. The van der Waals surface area contributed by atoms with Gasteiger partial charge in [-0.1, -0.05) is 0 Å². The summed E-state index contributed by atoms with van der Waals surface area (Å²) < 4.78 is 29.2. The van der Waals surface area contributed by atoms with E-state index < -0.39 is 17.4 Å². The third-order valence-electron chi connectivity index (χ3n) is 3.91. The van der Waals surface area contributed by atoms with Crippen molar-refractivity contribution in [3.8, 4) is 5.75 Å². The van der Waals surface area contributed by atoms with Gasteiger partial charge >= 0.3 is 11.6 Å². The summed E-state index contributed by atoms with van der Waals surface area (Å²) >= 11 is 0. The Morgan fingerprint density at radius 2 is 1.88 bits per heavy atom. The minimum atomic E-state index is -0.612. The lowest BCUT2D eigenvalue weighted by molar-refractivity contribution is 0.0470. The SMILES string of the molecule is CCOc1ccc2c(C)cc(=O)oc2c1COC(=O)c1ccc(F)cc1. The molecule has 2 aromatic carbocycles. The highest BCUT2D eigenvalue weighted by Gasteiger charge is 2.16. The molecule has 5 nitrogen and oxygen atoms in total. The fraction of sp³-hybridized carbons (Fsp3) is 0.200. The van der Waals surface area contributed by atoms with Crippen molar-refractivity contribution in [2.45, 2.75) is 20.5 Å². The molecule has 0 N–H and O–H groups in total. The lowest BCUT2D eigenvalue weighted by Gasteiger charge is -2.13. The van der Waals surface area contributed by atoms with Crippen LogP contribution in [0.15, 0.2) is 51.7 Å². The molecule has 0 aliphatic heterocycles. The Bertz CT molecular complexity index is 1010. The van der Waals surface area contributed by atoms with Gasteiger partial charge in [-0.15, -0.1) is 0 Å². The Balaban J connectivity index is 1.96. The third-order valence-corrected chi connectivity index (χ3v) is 3.91. The van der Waals surface area contributed by atoms with E-state index in [0.717, 1.165) is 10.9 Å². The van der Waals surface area contributed by atoms with Crippen LogP contribution < -0.4 is 10.4 Å². The summed E-state index contributed by atoms with van der Waals surface area (Å²) in [5.41, 5.74) is 1.29. The number of hydrogen-bond donors (Lipinski definition) is 0. The number of halogens is 1. The summed E-state index contributed by atoms with van der Waals surface area (Å²) in [5, 5.41) is 0.737. The summed E-state index contributed by atoms with van der Waals surface area (Å²) in [6.07, 6.45) is 0. The van der Waals surface area contributed by atoms with Gasteiger partial charge in [0.2, 0.25) is 0 Å². The van der Waals surface area contributed by atoms with E-state index in [1.807, 2.05) is 6.92 Å². The van der Waals surface area contributed by atoms with Crippen LogP contribution in [0.5, 0.6) is 5.75 Å². The molecule has 0 atom stereocenters. The van der Waals surface area contributed by atoms with Crippen molar-refractivity contribution in [2.24, 2.45) is 0 Å². The highest BCUT2D eigenvalue weighted by molar-refractivity contribution is 5.90. The molecule has 0 fully saturated rings. The van der Waals surface area contributed by atoms with Crippen LogP contribution in [0.25, 0.3) is 11.0 Å². The quantitative estimate of drug-likeness (QED) is 0.511. The number of ether oxygens (including phenoxy) is 2. The molecule has 0 unspecified atom stereocenters. The first-order chi connectivity index (χ1) is 12.5. The van der Waals surface area contributed by atoms with Gasteiger partial charge in [0.1, 0.15) is 23.8 Å². The molecule has 0 aliphatic carbocycles. The highest BCUT2D eigenvalue weighted by Crippen LogP contribution is 2.30. The fourth-order valence-corrected chi connectivity index (χ4v) is 2.66. The first-order valence-electron chi connectivity index (χ1n) is 8.11. The van der Waals surface area contributed by atoms with Gasteiger partial charge in [0.05, 0.1) is 17.7 Å². The first kappa shape index (κ1) is 17.7. The lowest BCUT2D eigenvalue weighted by atomic mass is 10.1. The predicted octanol–water partition coefficient (Wildman–Crippen LogP) is 4.00. The number of hydrogen-bond acceptors (Lipinski definition) is 5. The topological polar surface area (TPSA) is 65.7 Å². The van der Waals surface area contributed by atoms with E-state index >= 15 is 0 Å². The Hall–Kier alpha value is -3.15. The molecule has 0 saturated carbocycles. The van der Waals surface area contributed by atoms with Crippen LogP contribution in [0, 0.1) is 12.7 Å². The molecule has 1 heterocycles. The van der Waals surface area contributed by atoms with Crippen molar-refractivity contribution in [3.05, 3.63) is 75.4 Å². The molecular weight excluding hydrogens is 339 g/mol. The monoisotopic (exact) mass is 356 g/mol. The molecule has 0 aliphatic rings. The Labute approximate surface area is 149 Å². The van der Waals surface area contributed by atoms with Crippen LogP contribution in [0.1, 0.15) is 28.4 Å². The van der Waals surface area contributed by atoms with Crippen molar-refractivity contribution in [2.75, 3.05) is 6.61 Å². The van der Waals surface area contributed by atoms with E-state index in [-0.39, 0.29) is 12.2 Å². The second-order valence-corrected chi connectivity index (χ2v) is 5.68. The maximum atomic E-state index is 13.0. The number of fused-ring (bicyclic) bond motifs is 1. The predicted molar refractivity (Wildman–Crippen MR) is 93.9 cm³/mol. The minimum Gasteiger partial charge on any atom is -0.493 e. The molecule has 26 heavy (non-hydrogen) atoms. The molecule has 3 rings (SSSR count). The zero-order valence-electron chi connectivity index (χ0n) is 14.4. The largest absolute Gasteiger partial charge is 0.493 e. The Morgan fingerprint density at radius 3 is 2.58 bits per heavy atom. The molecule has 0 spiro atoms. The first-order valence-corrected chi connectivity index (χ1v) is 8.11. The Kier molecular flexibility index (Phi) is 5.02. The summed E-state index contributed by atoms with van der Waals surface area (Å²) in [6.45, 7) is 3.88. The standard InChI is InChI=1S/C20H17FO5/c1-3-24-17-9-8-15-12(2)10-18(22)26-19(15)16(17)11-25-20(23)13-4-6-14(21)7-5-13/h4-10H,3,11H2,1-2H3. The average molecular weight is 356 g/mol. The van der Waals surface area contributed by atoms with Crippen molar-refractivity contribution in [1.29, 1.82) is 0 Å². The summed E-state index contributed by atoms with van der Waals surface area (Å²) in [5.74, 6) is -0.577. The second kappa shape index (κ2) is 7.39. The minimum absolute atomic E-state index is 0.144.